The molecule has 0 bridgehead atoms. The Labute approximate surface area is 149 Å². The predicted molar refractivity (Wildman–Crippen MR) is 95.1 cm³/mol. The van der Waals surface area contributed by atoms with E-state index >= 15 is 0 Å². The van der Waals surface area contributed by atoms with Gasteiger partial charge in [-0.25, -0.2) is 4.39 Å². The van der Waals surface area contributed by atoms with Crippen LogP contribution in [0.4, 0.5) is 4.39 Å². The van der Waals surface area contributed by atoms with Gasteiger partial charge in [0.25, 0.3) is 0 Å². The summed E-state index contributed by atoms with van der Waals surface area (Å²) in [6, 6.07) is 6.37. The highest BCUT2D eigenvalue weighted by molar-refractivity contribution is 5.85. The Morgan fingerprint density at radius 2 is 2.04 bits per heavy atom. The number of benzene rings is 1. The summed E-state index contributed by atoms with van der Waals surface area (Å²) in [6.45, 7) is 1.87. The Bertz CT molecular complexity index is 450. The Morgan fingerprint density at radius 3 is 2.61 bits per heavy atom. The molecule has 0 fully saturated rings. The van der Waals surface area contributed by atoms with E-state index in [2.05, 4.69) is 10.6 Å². The molecule has 2 N–H and O–H groups in total. The summed E-state index contributed by atoms with van der Waals surface area (Å²) in [7, 11) is 5.42. The minimum atomic E-state index is -0.271. The quantitative estimate of drug-likeness (QED) is 0.649. The first-order chi connectivity index (χ1) is 10.0. The smallest absolute Gasteiger partial charge is 0.234 e. The number of likely N-dealkylation sites (N-methyl/N-ethyl adjacent to an activating group) is 1. The molecule has 5 nitrogen and oxygen atoms in total. The van der Waals surface area contributed by atoms with Crippen molar-refractivity contribution in [3.8, 4) is 0 Å². The third-order valence-corrected chi connectivity index (χ3v) is 3.12. The zero-order valence-electron chi connectivity index (χ0n) is 13.7. The highest BCUT2D eigenvalue weighted by Crippen LogP contribution is 2.18. The van der Waals surface area contributed by atoms with E-state index < -0.39 is 0 Å². The summed E-state index contributed by atoms with van der Waals surface area (Å²) < 4.78 is 18.2. The van der Waals surface area contributed by atoms with Crippen LogP contribution in [0.25, 0.3) is 0 Å². The Balaban J connectivity index is 0. The highest BCUT2D eigenvalue weighted by Gasteiger charge is 2.15. The fraction of sp³-hybridized carbons (Fsp3) is 0.533. The number of rotatable bonds is 9. The monoisotopic (exact) mass is 369 g/mol. The molecular formula is C15H26Cl2FN3O2. The van der Waals surface area contributed by atoms with Crippen LogP contribution in [-0.2, 0) is 9.53 Å². The van der Waals surface area contributed by atoms with E-state index in [0.29, 0.717) is 19.7 Å². The SMILES string of the molecule is COCCNCC(=O)NCC(c1cccc(F)c1)N(C)C.Cl.Cl. The first-order valence-electron chi connectivity index (χ1n) is 6.93. The number of nitrogens with zero attached hydrogens (tertiary/aromatic N) is 1. The van der Waals surface area contributed by atoms with Crippen LogP contribution in [0.15, 0.2) is 24.3 Å². The van der Waals surface area contributed by atoms with E-state index in [9.17, 15) is 9.18 Å². The number of nitrogens with one attached hydrogen (secondary N) is 2. The molecule has 0 aliphatic carbocycles. The van der Waals surface area contributed by atoms with Gasteiger partial charge in [0.15, 0.2) is 0 Å². The molecule has 0 radical (unpaired) electrons. The van der Waals surface area contributed by atoms with E-state index in [1.807, 2.05) is 25.1 Å². The first-order valence-corrected chi connectivity index (χ1v) is 6.93. The normalized spacial score (nSPS) is 11.3. The van der Waals surface area contributed by atoms with Gasteiger partial charge in [-0.2, -0.15) is 0 Å². The van der Waals surface area contributed by atoms with E-state index in [-0.39, 0.29) is 49.1 Å². The van der Waals surface area contributed by atoms with Gasteiger partial charge in [-0.15, -0.1) is 24.8 Å². The predicted octanol–water partition coefficient (Wildman–Crippen LogP) is 1.62. The molecule has 134 valence electrons. The number of hydrogen-bond donors (Lipinski definition) is 2. The molecule has 1 unspecified atom stereocenters. The van der Waals surface area contributed by atoms with Crippen LogP contribution < -0.4 is 10.6 Å². The second-order valence-electron chi connectivity index (χ2n) is 5.01. The molecule has 1 rings (SSSR count). The molecule has 1 aromatic rings. The van der Waals surface area contributed by atoms with Crippen LogP contribution in [0.5, 0.6) is 0 Å². The van der Waals surface area contributed by atoms with Crippen molar-refractivity contribution in [2.75, 3.05) is 47.4 Å². The molecule has 0 aromatic heterocycles. The van der Waals surface area contributed by atoms with Crippen molar-refractivity contribution < 1.29 is 13.9 Å². The van der Waals surface area contributed by atoms with Gasteiger partial charge in [0, 0.05) is 20.2 Å². The average Bonchev–Trinajstić information content (AvgIpc) is 2.43. The summed E-state index contributed by atoms with van der Waals surface area (Å²) in [6.07, 6.45) is 0. The topological polar surface area (TPSA) is 53.6 Å². The lowest BCUT2D eigenvalue weighted by atomic mass is 10.1. The van der Waals surface area contributed by atoms with Crippen LogP contribution in [0.1, 0.15) is 11.6 Å². The number of methoxy groups -OCH3 is 1. The summed E-state index contributed by atoms with van der Waals surface area (Å²) in [5, 5.41) is 5.83. The van der Waals surface area contributed by atoms with E-state index in [4.69, 9.17) is 4.74 Å². The molecule has 0 spiro atoms. The molecule has 0 saturated carbocycles. The lowest BCUT2D eigenvalue weighted by molar-refractivity contribution is -0.120. The summed E-state index contributed by atoms with van der Waals surface area (Å²) in [4.78, 5) is 13.7. The van der Waals surface area contributed by atoms with Gasteiger partial charge in [0.2, 0.25) is 5.91 Å². The second-order valence-corrected chi connectivity index (χ2v) is 5.01. The summed E-state index contributed by atoms with van der Waals surface area (Å²) in [5.74, 6) is -0.360. The minimum Gasteiger partial charge on any atom is -0.383 e. The van der Waals surface area contributed by atoms with Crippen LogP contribution >= 0.6 is 24.8 Å². The highest BCUT2D eigenvalue weighted by atomic mass is 35.5. The fourth-order valence-electron chi connectivity index (χ4n) is 1.96. The molecule has 0 aliphatic rings. The van der Waals surface area contributed by atoms with Crippen molar-refractivity contribution in [3.63, 3.8) is 0 Å². The number of halogens is 3. The summed E-state index contributed by atoms with van der Waals surface area (Å²) in [5.41, 5.74) is 0.840. The van der Waals surface area contributed by atoms with Gasteiger partial charge >= 0.3 is 0 Å². The van der Waals surface area contributed by atoms with E-state index in [1.54, 1.807) is 13.2 Å². The van der Waals surface area contributed by atoms with Crippen molar-refractivity contribution in [1.29, 1.82) is 0 Å². The molecule has 23 heavy (non-hydrogen) atoms. The number of carbonyl (C=O) groups is 1. The van der Waals surface area contributed by atoms with Crippen molar-refractivity contribution in [3.05, 3.63) is 35.6 Å². The van der Waals surface area contributed by atoms with Gasteiger partial charge in [-0.3, -0.25) is 4.79 Å². The molecule has 0 heterocycles. The largest absolute Gasteiger partial charge is 0.383 e. The maximum Gasteiger partial charge on any atom is 0.234 e. The Kier molecular flexibility index (Phi) is 14.3. The van der Waals surface area contributed by atoms with Gasteiger partial charge in [0.1, 0.15) is 5.82 Å². The zero-order chi connectivity index (χ0) is 15.7. The van der Waals surface area contributed by atoms with Crippen LogP contribution in [0.3, 0.4) is 0 Å². The van der Waals surface area contributed by atoms with Crippen molar-refractivity contribution >= 4 is 30.7 Å². The lowest BCUT2D eigenvalue weighted by Gasteiger charge is -2.25. The number of ether oxygens (including phenoxy) is 1. The van der Waals surface area contributed by atoms with Gasteiger partial charge in [-0.1, -0.05) is 12.1 Å². The first kappa shape index (κ1) is 24.3. The number of carbonyl (C=O) groups excluding carboxylic acids is 1. The number of amides is 1. The third kappa shape index (κ3) is 9.73. The Hall–Kier alpha value is -0.920. The van der Waals surface area contributed by atoms with Crippen LogP contribution in [0.2, 0.25) is 0 Å². The fourth-order valence-corrected chi connectivity index (χ4v) is 1.96. The third-order valence-electron chi connectivity index (χ3n) is 3.12. The van der Waals surface area contributed by atoms with E-state index in [0.717, 1.165) is 5.56 Å². The molecule has 0 saturated heterocycles. The maximum absolute atomic E-state index is 13.3. The number of hydrogen-bond acceptors (Lipinski definition) is 4. The van der Waals surface area contributed by atoms with Gasteiger partial charge in [0.05, 0.1) is 19.2 Å². The Morgan fingerprint density at radius 1 is 1.35 bits per heavy atom. The molecular weight excluding hydrogens is 344 g/mol. The summed E-state index contributed by atoms with van der Waals surface area (Å²) >= 11 is 0. The van der Waals surface area contributed by atoms with Crippen molar-refractivity contribution in [1.82, 2.24) is 15.5 Å². The molecule has 8 heteroatoms. The van der Waals surface area contributed by atoms with Crippen LogP contribution in [-0.4, -0.2) is 58.3 Å². The van der Waals surface area contributed by atoms with Crippen molar-refractivity contribution in [2.24, 2.45) is 0 Å². The van der Waals surface area contributed by atoms with E-state index in [1.165, 1.54) is 12.1 Å². The van der Waals surface area contributed by atoms with Gasteiger partial charge in [-0.05, 0) is 31.8 Å². The molecule has 0 aliphatic heterocycles. The van der Waals surface area contributed by atoms with Crippen LogP contribution in [0, 0.1) is 5.82 Å². The second kappa shape index (κ2) is 13.5. The average molecular weight is 370 g/mol. The molecule has 1 amide bonds. The minimum absolute atomic E-state index is 0. The van der Waals surface area contributed by atoms with Crippen molar-refractivity contribution in [2.45, 2.75) is 6.04 Å². The maximum atomic E-state index is 13.3. The standard InChI is InChI=1S/C15H24FN3O2.2ClH/c1-19(2)14(12-5-4-6-13(16)9-12)10-18-15(20)11-17-7-8-21-3;;/h4-6,9,14,17H,7-8,10-11H2,1-3H3,(H,18,20);2*1H. The molecule has 1 atom stereocenters. The lowest BCUT2D eigenvalue weighted by Crippen LogP contribution is -2.39. The molecule has 1 aromatic carbocycles. The zero-order valence-corrected chi connectivity index (χ0v) is 15.3. The van der Waals surface area contributed by atoms with Gasteiger partial charge < -0.3 is 20.3 Å².